The lowest BCUT2D eigenvalue weighted by Gasteiger charge is -2.19. The van der Waals surface area contributed by atoms with E-state index in [1.807, 2.05) is 6.92 Å². The van der Waals surface area contributed by atoms with Crippen molar-refractivity contribution >= 4 is 7.37 Å². The monoisotopic (exact) mass is 206 g/mol. The lowest BCUT2D eigenvalue weighted by molar-refractivity contribution is 0.330. The van der Waals surface area contributed by atoms with Crippen molar-refractivity contribution in [3.05, 3.63) is 0 Å². The van der Waals surface area contributed by atoms with Crippen molar-refractivity contribution in [2.24, 2.45) is 5.41 Å². The van der Waals surface area contributed by atoms with Gasteiger partial charge in [0.15, 0.2) is 7.37 Å². The van der Waals surface area contributed by atoms with Crippen molar-refractivity contribution in [1.82, 2.24) is 0 Å². The molecule has 0 heterocycles. The molecule has 0 fully saturated rings. The molecule has 0 saturated carbocycles. The van der Waals surface area contributed by atoms with Crippen LogP contribution in [-0.2, 0) is 9.09 Å². The van der Waals surface area contributed by atoms with Gasteiger partial charge >= 0.3 is 0 Å². The minimum absolute atomic E-state index is 0.339. The Morgan fingerprint density at radius 1 is 1.31 bits per heavy atom. The second kappa shape index (κ2) is 5.17. The van der Waals surface area contributed by atoms with E-state index in [1.165, 1.54) is 0 Å². The summed E-state index contributed by atoms with van der Waals surface area (Å²) >= 11 is 0. The first kappa shape index (κ1) is 13.2. The Labute approximate surface area is 82.5 Å². The summed E-state index contributed by atoms with van der Waals surface area (Å²) in [5.41, 5.74) is 0.339. The van der Waals surface area contributed by atoms with Gasteiger partial charge in [0.1, 0.15) is 0 Å². The van der Waals surface area contributed by atoms with Gasteiger partial charge in [-0.2, -0.15) is 0 Å². The molecule has 0 aliphatic heterocycles. The zero-order chi connectivity index (χ0) is 10.5. The van der Waals surface area contributed by atoms with Gasteiger partial charge < -0.3 is 4.52 Å². The molecule has 0 radical (unpaired) electrons. The van der Waals surface area contributed by atoms with Crippen LogP contribution >= 0.6 is 7.37 Å². The van der Waals surface area contributed by atoms with Gasteiger partial charge in [0, 0.05) is 12.8 Å². The zero-order valence-electron chi connectivity index (χ0n) is 9.59. The van der Waals surface area contributed by atoms with Gasteiger partial charge in [-0.15, -0.1) is 0 Å². The molecule has 0 aliphatic rings. The summed E-state index contributed by atoms with van der Waals surface area (Å²) in [5.74, 6) is 0. The zero-order valence-corrected chi connectivity index (χ0v) is 10.5. The molecule has 0 saturated heterocycles. The molecule has 0 aliphatic carbocycles. The molecule has 0 spiro atoms. The molecule has 0 rings (SSSR count). The van der Waals surface area contributed by atoms with Crippen LogP contribution in [0.5, 0.6) is 0 Å². The molecule has 0 N–H and O–H groups in total. The molecule has 0 aromatic heterocycles. The average Bonchev–Trinajstić information content (AvgIpc) is 1.82. The highest BCUT2D eigenvalue weighted by molar-refractivity contribution is 7.58. The first-order valence-corrected chi connectivity index (χ1v) is 7.24. The number of hydrogen-bond acceptors (Lipinski definition) is 2. The third-order valence-electron chi connectivity index (χ3n) is 1.89. The highest BCUT2D eigenvalue weighted by Crippen LogP contribution is 2.43. The van der Waals surface area contributed by atoms with Crippen LogP contribution in [0.15, 0.2) is 0 Å². The second-order valence-corrected chi connectivity index (χ2v) is 7.55. The molecular formula is C10H23O2P. The van der Waals surface area contributed by atoms with E-state index in [1.54, 1.807) is 6.66 Å². The first-order chi connectivity index (χ1) is 5.77. The molecule has 1 atom stereocenters. The molecular weight excluding hydrogens is 183 g/mol. The standard InChI is InChI=1S/C10H23O2P/c1-6-12-13(5,11)9-7-8-10(2,3)4/h6-9H2,1-5H3. The van der Waals surface area contributed by atoms with E-state index in [9.17, 15) is 4.57 Å². The maximum absolute atomic E-state index is 11.7. The van der Waals surface area contributed by atoms with Crippen molar-refractivity contribution < 1.29 is 9.09 Å². The van der Waals surface area contributed by atoms with Gasteiger partial charge in [-0.3, -0.25) is 4.57 Å². The Morgan fingerprint density at radius 3 is 2.23 bits per heavy atom. The topological polar surface area (TPSA) is 26.3 Å². The van der Waals surface area contributed by atoms with Crippen molar-refractivity contribution in [2.75, 3.05) is 19.4 Å². The molecule has 0 bridgehead atoms. The van der Waals surface area contributed by atoms with E-state index >= 15 is 0 Å². The van der Waals surface area contributed by atoms with Crippen LogP contribution in [0.3, 0.4) is 0 Å². The van der Waals surface area contributed by atoms with Crippen LogP contribution in [0, 0.1) is 5.41 Å². The van der Waals surface area contributed by atoms with E-state index in [-0.39, 0.29) is 0 Å². The summed E-state index contributed by atoms with van der Waals surface area (Å²) in [6.45, 7) is 10.8. The molecule has 0 aromatic rings. The largest absolute Gasteiger partial charge is 0.329 e. The van der Waals surface area contributed by atoms with Gasteiger partial charge in [-0.1, -0.05) is 20.8 Å². The Bertz CT molecular complexity index is 182. The predicted octanol–water partition coefficient (Wildman–Crippen LogP) is 3.76. The van der Waals surface area contributed by atoms with Gasteiger partial charge in [0.05, 0.1) is 6.61 Å². The van der Waals surface area contributed by atoms with Crippen LogP contribution in [0.4, 0.5) is 0 Å². The third kappa shape index (κ3) is 8.52. The number of hydrogen-bond donors (Lipinski definition) is 0. The van der Waals surface area contributed by atoms with Crippen molar-refractivity contribution in [3.63, 3.8) is 0 Å². The predicted molar refractivity (Wildman–Crippen MR) is 58.7 cm³/mol. The lowest BCUT2D eigenvalue weighted by Crippen LogP contribution is -2.06. The van der Waals surface area contributed by atoms with Crippen molar-refractivity contribution in [1.29, 1.82) is 0 Å². The Balaban J connectivity index is 3.70. The molecule has 1 unspecified atom stereocenters. The normalized spacial score (nSPS) is 17.0. The molecule has 80 valence electrons. The third-order valence-corrected chi connectivity index (χ3v) is 3.83. The fourth-order valence-electron chi connectivity index (χ4n) is 1.23. The highest BCUT2D eigenvalue weighted by Gasteiger charge is 2.17. The fourth-order valence-corrected chi connectivity index (χ4v) is 2.64. The summed E-state index contributed by atoms with van der Waals surface area (Å²) in [6, 6.07) is 0. The maximum atomic E-state index is 11.7. The Hall–Kier alpha value is 0.190. The number of rotatable bonds is 5. The van der Waals surface area contributed by atoms with Crippen molar-refractivity contribution in [3.8, 4) is 0 Å². The quantitative estimate of drug-likeness (QED) is 0.640. The van der Waals surface area contributed by atoms with Crippen LogP contribution in [-0.4, -0.2) is 19.4 Å². The van der Waals surface area contributed by atoms with E-state index in [4.69, 9.17) is 4.52 Å². The SMILES string of the molecule is CCOP(C)(=O)CCCC(C)(C)C. The van der Waals surface area contributed by atoms with E-state index < -0.39 is 7.37 Å². The van der Waals surface area contributed by atoms with Gasteiger partial charge in [0.25, 0.3) is 0 Å². The molecule has 13 heavy (non-hydrogen) atoms. The summed E-state index contributed by atoms with van der Waals surface area (Å²) in [6.07, 6.45) is 2.83. The molecule has 0 amide bonds. The van der Waals surface area contributed by atoms with Crippen LogP contribution in [0.25, 0.3) is 0 Å². The van der Waals surface area contributed by atoms with Crippen LogP contribution in [0.1, 0.15) is 40.5 Å². The van der Waals surface area contributed by atoms with E-state index in [0.717, 1.165) is 19.0 Å². The van der Waals surface area contributed by atoms with E-state index in [2.05, 4.69) is 20.8 Å². The minimum atomic E-state index is -2.28. The van der Waals surface area contributed by atoms with E-state index in [0.29, 0.717) is 12.0 Å². The van der Waals surface area contributed by atoms with Gasteiger partial charge in [-0.25, -0.2) is 0 Å². The van der Waals surface area contributed by atoms with Crippen LogP contribution < -0.4 is 0 Å². The minimum Gasteiger partial charge on any atom is -0.329 e. The smallest absolute Gasteiger partial charge is 0.200 e. The molecule has 3 heteroatoms. The Morgan fingerprint density at radius 2 is 1.85 bits per heavy atom. The first-order valence-electron chi connectivity index (χ1n) is 4.98. The highest BCUT2D eigenvalue weighted by atomic mass is 31.2. The molecule has 0 aromatic carbocycles. The summed E-state index contributed by atoms with van der Waals surface area (Å²) in [5, 5.41) is 0. The summed E-state index contributed by atoms with van der Waals surface area (Å²) in [4.78, 5) is 0. The summed E-state index contributed by atoms with van der Waals surface area (Å²) in [7, 11) is -2.28. The Kier molecular flexibility index (Phi) is 5.24. The maximum Gasteiger partial charge on any atom is 0.200 e. The summed E-state index contributed by atoms with van der Waals surface area (Å²) < 4.78 is 16.9. The second-order valence-electron chi connectivity index (χ2n) is 4.82. The average molecular weight is 206 g/mol. The van der Waals surface area contributed by atoms with Crippen LogP contribution in [0.2, 0.25) is 0 Å². The van der Waals surface area contributed by atoms with Gasteiger partial charge in [-0.05, 0) is 25.2 Å². The van der Waals surface area contributed by atoms with Crippen molar-refractivity contribution in [2.45, 2.75) is 40.5 Å². The van der Waals surface area contributed by atoms with Gasteiger partial charge in [0.2, 0.25) is 0 Å². The lowest BCUT2D eigenvalue weighted by atomic mass is 9.91. The molecule has 2 nitrogen and oxygen atoms in total. The fraction of sp³-hybridized carbons (Fsp3) is 1.00.